The van der Waals surface area contributed by atoms with Crippen LogP contribution in [-0.4, -0.2) is 54.7 Å². The monoisotopic (exact) mass is 255 g/mol. The summed E-state index contributed by atoms with van der Waals surface area (Å²) in [6, 6.07) is 0. The molecule has 0 unspecified atom stereocenters. The van der Waals surface area contributed by atoms with Crippen molar-refractivity contribution in [2.45, 2.75) is 19.3 Å². The van der Waals surface area contributed by atoms with Crippen LogP contribution >= 0.6 is 0 Å². The highest BCUT2D eigenvalue weighted by molar-refractivity contribution is 5.76. The zero-order valence-electron chi connectivity index (χ0n) is 10.7. The predicted octanol–water partition coefficient (Wildman–Crippen LogP) is -0.520. The third-order valence-corrected chi connectivity index (χ3v) is 2.41. The average molecular weight is 255 g/mol. The Balaban J connectivity index is 1.80. The molecule has 0 atom stereocenters. The molecule has 102 valence electrons. The molecule has 1 amide bonds. The standard InChI is InChI=1S/C11H21N5O2/c1-12-11(17)9-18-7-3-6-13-5-2-4-10-8-14-16-15-10/h8,13H,2-7,9H2,1H3,(H,12,17)(H,14,15,16). The van der Waals surface area contributed by atoms with E-state index in [1.165, 1.54) is 0 Å². The number of aryl methyl sites for hydroxylation is 1. The van der Waals surface area contributed by atoms with Crippen LogP contribution in [0.2, 0.25) is 0 Å². The Hall–Kier alpha value is -1.47. The van der Waals surface area contributed by atoms with Crippen LogP contribution in [0.15, 0.2) is 6.20 Å². The maximum atomic E-state index is 10.8. The predicted molar refractivity (Wildman–Crippen MR) is 67.1 cm³/mol. The summed E-state index contributed by atoms with van der Waals surface area (Å²) in [5, 5.41) is 16.1. The van der Waals surface area contributed by atoms with Crippen molar-refractivity contribution in [2.24, 2.45) is 0 Å². The Morgan fingerprint density at radius 1 is 1.44 bits per heavy atom. The first kappa shape index (κ1) is 14.6. The molecule has 0 aliphatic carbocycles. The van der Waals surface area contributed by atoms with Crippen LogP contribution in [0.4, 0.5) is 0 Å². The van der Waals surface area contributed by atoms with E-state index < -0.39 is 0 Å². The van der Waals surface area contributed by atoms with Gasteiger partial charge in [-0.3, -0.25) is 9.89 Å². The molecule has 3 N–H and O–H groups in total. The first-order chi connectivity index (χ1) is 8.83. The second kappa shape index (κ2) is 9.55. The number of likely N-dealkylation sites (N-methyl/N-ethyl adjacent to an activating group) is 1. The van der Waals surface area contributed by atoms with Gasteiger partial charge in [-0.25, -0.2) is 0 Å². The second-order valence-corrected chi connectivity index (χ2v) is 3.90. The van der Waals surface area contributed by atoms with Crippen molar-refractivity contribution >= 4 is 5.91 Å². The van der Waals surface area contributed by atoms with Crippen LogP contribution in [0.3, 0.4) is 0 Å². The van der Waals surface area contributed by atoms with E-state index in [-0.39, 0.29) is 12.5 Å². The van der Waals surface area contributed by atoms with E-state index in [1.807, 2.05) is 6.20 Å². The third-order valence-electron chi connectivity index (χ3n) is 2.41. The number of carbonyl (C=O) groups excluding carboxylic acids is 1. The maximum Gasteiger partial charge on any atom is 0.245 e. The van der Waals surface area contributed by atoms with E-state index in [0.29, 0.717) is 6.61 Å². The van der Waals surface area contributed by atoms with Gasteiger partial charge in [-0.1, -0.05) is 5.21 Å². The fourth-order valence-electron chi connectivity index (χ4n) is 1.40. The molecule has 1 aromatic rings. The molecule has 0 aliphatic rings. The summed E-state index contributed by atoms with van der Waals surface area (Å²) in [4.78, 5) is 10.8. The Kier molecular flexibility index (Phi) is 7.74. The van der Waals surface area contributed by atoms with Gasteiger partial charge in [-0.15, -0.1) is 5.10 Å². The van der Waals surface area contributed by atoms with Gasteiger partial charge in [0.2, 0.25) is 5.91 Å². The summed E-state index contributed by atoms with van der Waals surface area (Å²) in [7, 11) is 1.60. The van der Waals surface area contributed by atoms with Gasteiger partial charge in [-0.05, 0) is 32.4 Å². The molecule has 0 spiro atoms. The molecular weight excluding hydrogens is 234 g/mol. The summed E-state index contributed by atoms with van der Waals surface area (Å²) in [5.41, 5.74) is 0.991. The lowest BCUT2D eigenvalue weighted by Gasteiger charge is -2.05. The van der Waals surface area contributed by atoms with Crippen LogP contribution in [0.5, 0.6) is 0 Å². The molecule has 1 heterocycles. The van der Waals surface area contributed by atoms with E-state index in [4.69, 9.17) is 4.74 Å². The van der Waals surface area contributed by atoms with E-state index in [0.717, 1.165) is 38.0 Å². The number of nitrogens with zero attached hydrogens (tertiary/aromatic N) is 2. The molecule has 0 radical (unpaired) electrons. The molecule has 0 aromatic carbocycles. The first-order valence-electron chi connectivity index (χ1n) is 6.17. The minimum absolute atomic E-state index is 0.0874. The van der Waals surface area contributed by atoms with Crippen molar-refractivity contribution in [1.29, 1.82) is 0 Å². The number of carbonyl (C=O) groups is 1. The van der Waals surface area contributed by atoms with Gasteiger partial charge in [-0.2, -0.15) is 0 Å². The van der Waals surface area contributed by atoms with Gasteiger partial charge in [0.05, 0.1) is 5.69 Å². The quantitative estimate of drug-likeness (QED) is 0.489. The van der Waals surface area contributed by atoms with Crippen LogP contribution in [0, 0.1) is 0 Å². The lowest BCUT2D eigenvalue weighted by atomic mass is 10.2. The molecule has 7 heteroatoms. The average Bonchev–Trinajstić information content (AvgIpc) is 2.89. The number of nitrogens with one attached hydrogen (secondary N) is 3. The zero-order valence-corrected chi connectivity index (χ0v) is 10.7. The van der Waals surface area contributed by atoms with Crippen LogP contribution in [-0.2, 0) is 16.0 Å². The maximum absolute atomic E-state index is 10.8. The van der Waals surface area contributed by atoms with Crippen molar-refractivity contribution in [3.05, 3.63) is 11.9 Å². The molecule has 0 aliphatic heterocycles. The summed E-state index contributed by atoms with van der Waals surface area (Å²) < 4.78 is 5.18. The minimum atomic E-state index is -0.0874. The van der Waals surface area contributed by atoms with Gasteiger partial charge in [0.25, 0.3) is 0 Å². The Morgan fingerprint density at radius 3 is 3.00 bits per heavy atom. The van der Waals surface area contributed by atoms with Crippen LogP contribution in [0.1, 0.15) is 18.5 Å². The van der Waals surface area contributed by atoms with Crippen LogP contribution < -0.4 is 10.6 Å². The smallest absolute Gasteiger partial charge is 0.245 e. The number of hydrogen-bond donors (Lipinski definition) is 3. The van der Waals surface area contributed by atoms with E-state index in [2.05, 4.69) is 26.0 Å². The molecule has 7 nitrogen and oxygen atoms in total. The summed E-state index contributed by atoms with van der Waals surface area (Å²) in [6.07, 6.45) is 4.68. The number of amides is 1. The van der Waals surface area contributed by atoms with Gasteiger partial charge in [0, 0.05) is 19.9 Å². The van der Waals surface area contributed by atoms with Crippen molar-refractivity contribution in [3.8, 4) is 0 Å². The highest BCUT2D eigenvalue weighted by atomic mass is 16.5. The third kappa shape index (κ3) is 6.97. The van der Waals surface area contributed by atoms with Crippen LogP contribution in [0.25, 0.3) is 0 Å². The lowest BCUT2D eigenvalue weighted by Crippen LogP contribution is -2.24. The molecule has 0 bridgehead atoms. The van der Waals surface area contributed by atoms with Gasteiger partial charge in [0.15, 0.2) is 0 Å². The number of aromatic amines is 1. The number of ether oxygens (including phenoxy) is 1. The molecule has 18 heavy (non-hydrogen) atoms. The van der Waals surface area contributed by atoms with Crippen molar-refractivity contribution in [3.63, 3.8) is 0 Å². The Labute approximate surface area is 107 Å². The first-order valence-corrected chi connectivity index (χ1v) is 6.17. The number of rotatable bonds is 10. The van der Waals surface area contributed by atoms with E-state index >= 15 is 0 Å². The normalized spacial score (nSPS) is 10.5. The van der Waals surface area contributed by atoms with Crippen molar-refractivity contribution < 1.29 is 9.53 Å². The van der Waals surface area contributed by atoms with E-state index in [9.17, 15) is 4.79 Å². The fourth-order valence-corrected chi connectivity index (χ4v) is 1.40. The number of H-pyrrole nitrogens is 1. The Morgan fingerprint density at radius 2 is 2.28 bits per heavy atom. The largest absolute Gasteiger partial charge is 0.372 e. The van der Waals surface area contributed by atoms with Gasteiger partial charge < -0.3 is 15.4 Å². The minimum Gasteiger partial charge on any atom is -0.372 e. The zero-order chi connectivity index (χ0) is 13.1. The highest BCUT2D eigenvalue weighted by Crippen LogP contribution is 1.93. The second-order valence-electron chi connectivity index (χ2n) is 3.90. The Bertz CT molecular complexity index is 315. The van der Waals surface area contributed by atoms with Gasteiger partial charge in [0.1, 0.15) is 6.61 Å². The molecule has 0 saturated carbocycles. The molecule has 1 rings (SSSR count). The van der Waals surface area contributed by atoms with Crippen molar-refractivity contribution in [2.75, 3.05) is 33.4 Å². The van der Waals surface area contributed by atoms with Gasteiger partial charge >= 0.3 is 0 Å². The SMILES string of the molecule is CNC(=O)COCCCNCCCc1c[nH]nn1. The molecule has 0 saturated heterocycles. The highest BCUT2D eigenvalue weighted by Gasteiger charge is 1.97. The molecular formula is C11H21N5O2. The molecule has 1 aromatic heterocycles. The van der Waals surface area contributed by atoms with E-state index in [1.54, 1.807) is 7.05 Å². The summed E-state index contributed by atoms with van der Waals surface area (Å²) >= 11 is 0. The number of aromatic nitrogens is 3. The number of hydrogen-bond acceptors (Lipinski definition) is 5. The lowest BCUT2D eigenvalue weighted by molar-refractivity contribution is -0.125. The fraction of sp³-hybridized carbons (Fsp3) is 0.727. The molecule has 0 fully saturated rings. The van der Waals surface area contributed by atoms with Crippen molar-refractivity contribution in [1.82, 2.24) is 26.0 Å². The summed E-state index contributed by atoms with van der Waals surface area (Å²) in [5.74, 6) is -0.0874. The topological polar surface area (TPSA) is 91.9 Å². The summed E-state index contributed by atoms with van der Waals surface area (Å²) in [6.45, 7) is 2.58.